The molecule has 3 nitrogen and oxygen atoms in total. The van der Waals surface area contributed by atoms with E-state index in [-0.39, 0.29) is 11.8 Å². The molecule has 0 heterocycles. The van der Waals surface area contributed by atoms with Gasteiger partial charge in [0.25, 0.3) is 0 Å². The first-order chi connectivity index (χ1) is 8.04. The zero-order valence-corrected chi connectivity index (χ0v) is 11.2. The van der Waals surface area contributed by atoms with Gasteiger partial charge in [0.15, 0.2) is 0 Å². The van der Waals surface area contributed by atoms with Crippen molar-refractivity contribution in [1.29, 1.82) is 0 Å². The van der Waals surface area contributed by atoms with Crippen LogP contribution in [0.2, 0.25) is 5.02 Å². The molecule has 0 saturated carbocycles. The van der Waals surface area contributed by atoms with Gasteiger partial charge in [-0.25, -0.2) is 0 Å². The Hall–Kier alpha value is -1.22. The molecule has 0 radical (unpaired) electrons. The van der Waals surface area contributed by atoms with Gasteiger partial charge in [0.1, 0.15) is 5.75 Å². The van der Waals surface area contributed by atoms with Crippen molar-refractivity contribution in [3.05, 3.63) is 28.8 Å². The van der Waals surface area contributed by atoms with E-state index in [0.717, 1.165) is 5.56 Å². The molecular formula is C13H18ClNO2. The Kier molecular flexibility index (Phi) is 5.29. The summed E-state index contributed by atoms with van der Waals surface area (Å²) in [6, 6.07) is 5.54. The third-order valence-electron chi connectivity index (χ3n) is 2.29. The SMILES string of the molecule is CCOc1ccc(CNC(=O)C(C)C)cc1Cl. The second-order valence-electron chi connectivity index (χ2n) is 4.07. The quantitative estimate of drug-likeness (QED) is 0.878. The fraction of sp³-hybridized carbons (Fsp3) is 0.462. The molecule has 1 aromatic carbocycles. The molecule has 0 atom stereocenters. The molecule has 0 spiro atoms. The van der Waals surface area contributed by atoms with Gasteiger partial charge in [-0.3, -0.25) is 4.79 Å². The second-order valence-corrected chi connectivity index (χ2v) is 4.48. The zero-order chi connectivity index (χ0) is 12.8. The van der Waals surface area contributed by atoms with Crippen LogP contribution < -0.4 is 10.1 Å². The minimum atomic E-state index is -0.00632. The lowest BCUT2D eigenvalue weighted by atomic mass is 10.2. The van der Waals surface area contributed by atoms with Crippen molar-refractivity contribution in [2.45, 2.75) is 27.3 Å². The van der Waals surface area contributed by atoms with Gasteiger partial charge in [0.05, 0.1) is 11.6 Å². The monoisotopic (exact) mass is 255 g/mol. The lowest BCUT2D eigenvalue weighted by Crippen LogP contribution is -2.27. The highest BCUT2D eigenvalue weighted by Gasteiger charge is 2.07. The van der Waals surface area contributed by atoms with Crippen molar-refractivity contribution < 1.29 is 9.53 Å². The molecule has 0 aliphatic heterocycles. The molecule has 0 aromatic heterocycles. The van der Waals surface area contributed by atoms with Crippen LogP contribution in [0, 0.1) is 5.92 Å². The first kappa shape index (κ1) is 13.8. The third-order valence-corrected chi connectivity index (χ3v) is 2.58. The van der Waals surface area contributed by atoms with Crippen LogP contribution in [0.3, 0.4) is 0 Å². The topological polar surface area (TPSA) is 38.3 Å². The van der Waals surface area contributed by atoms with E-state index in [2.05, 4.69) is 5.32 Å². The Labute approximate surface area is 107 Å². The molecule has 0 bridgehead atoms. The Morgan fingerprint density at radius 3 is 2.71 bits per heavy atom. The summed E-state index contributed by atoms with van der Waals surface area (Å²) in [5.41, 5.74) is 0.965. The summed E-state index contributed by atoms with van der Waals surface area (Å²) in [7, 11) is 0. The molecule has 1 aromatic rings. The highest BCUT2D eigenvalue weighted by atomic mass is 35.5. The van der Waals surface area contributed by atoms with E-state index in [1.54, 1.807) is 0 Å². The normalized spacial score (nSPS) is 10.4. The summed E-state index contributed by atoms with van der Waals surface area (Å²) in [6.45, 7) is 6.71. The van der Waals surface area contributed by atoms with Crippen molar-refractivity contribution in [1.82, 2.24) is 5.32 Å². The summed E-state index contributed by atoms with van der Waals surface area (Å²) in [6.07, 6.45) is 0. The van der Waals surface area contributed by atoms with Crippen molar-refractivity contribution in [3.8, 4) is 5.75 Å². The van der Waals surface area contributed by atoms with Gasteiger partial charge in [-0.05, 0) is 24.6 Å². The van der Waals surface area contributed by atoms with Gasteiger partial charge in [-0.1, -0.05) is 31.5 Å². The number of carbonyl (C=O) groups is 1. The summed E-state index contributed by atoms with van der Waals surface area (Å²) >= 11 is 6.05. The maximum absolute atomic E-state index is 11.4. The Bertz CT molecular complexity index is 391. The number of nitrogens with one attached hydrogen (secondary N) is 1. The Morgan fingerprint density at radius 1 is 1.47 bits per heavy atom. The van der Waals surface area contributed by atoms with E-state index in [9.17, 15) is 4.79 Å². The molecule has 1 amide bonds. The number of hydrogen-bond acceptors (Lipinski definition) is 2. The number of ether oxygens (including phenoxy) is 1. The fourth-order valence-corrected chi connectivity index (χ4v) is 1.58. The van der Waals surface area contributed by atoms with Crippen LogP contribution in [0.5, 0.6) is 5.75 Å². The van der Waals surface area contributed by atoms with Gasteiger partial charge in [0, 0.05) is 12.5 Å². The van der Waals surface area contributed by atoms with E-state index in [1.807, 2.05) is 39.0 Å². The molecule has 0 unspecified atom stereocenters. The average molecular weight is 256 g/mol. The number of benzene rings is 1. The first-order valence-corrected chi connectivity index (χ1v) is 6.11. The predicted molar refractivity (Wildman–Crippen MR) is 69.3 cm³/mol. The van der Waals surface area contributed by atoms with Gasteiger partial charge < -0.3 is 10.1 Å². The van der Waals surface area contributed by atoms with Gasteiger partial charge in [-0.2, -0.15) is 0 Å². The highest BCUT2D eigenvalue weighted by Crippen LogP contribution is 2.25. The Balaban J connectivity index is 2.61. The molecular weight excluding hydrogens is 238 g/mol. The molecule has 0 saturated heterocycles. The van der Waals surface area contributed by atoms with Gasteiger partial charge in [0.2, 0.25) is 5.91 Å². The maximum atomic E-state index is 11.4. The fourth-order valence-electron chi connectivity index (χ4n) is 1.32. The smallest absolute Gasteiger partial charge is 0.222 e. The van der Waals surface area contributed by atoms with E-state index in [1.165, 1.54) is 0 Å². The molecule has 17 heavy (non-hydrogen) atoms. The van der Waals surface area contributed by atoms with Gasteiger partial charge >= 0.3 is 0 Å². The van der Waals surface area contributed by atoms with Crippen molar-refractivity contribution in [2.24, 2.45) is 5.92 Å². The molecule has 0 aliphatic rings. The number of hydrogen-bond donors (Lipinski definition) is 1. The lowest BCUT2D eigenvalue weighted by molar-refractivity contribution is -0.124. The highest BCUT2D eigenvalue weighted by molar-refractivity contribution is 6.32. The minimum Gasteiger partial charge on any atom is -0.492 e. The van der Waals surface area contributed by atoms with Crippen LogP contribution in [0.15, 0.2) is 18.2 Å². The minimum absolute atomic E-state index is 0.00632. The third kappa shape index (κ3) is 4.27. The van der Waals surface area contributed by atoms with Gasteiger partial charge in [-0.15, -0.1) is 0 Å². The molecule has 0 aliphatic carbocycles. The molecule has 1 N–H and O–H groups in total. The van der Waals surface area contributed by atoms with E-state index in [4.69, 9.17) is 16.3 Å². The first-order valence-electron chi connectivity index (χ1n) is 5.73. The van der Waals surface area contributed by atoms with E-state index >= 15 is 0 Å². The number of carbonyl (C=O) groups excluding carboxylic acids is 1. The van der Waals surface area contributed by atoms with Crippen molar-refractivity contribution in [2.75, 3.05) is 6.61 Å². The summed E-state index contributed by atoms with van der Waals surface area (Å²) in [4.78, 5) is 11.4. The van der Waals surface area contributed by atoms with Crippen LogP contribution >= 0.6 is 11.6 Å². The zero-order valence-electron chi connectivity index (χ0n) is 10.4. The average Bonchev–Trinajstić information content (AvgIpc) is 2.29. The van der Waals surface area contributed by atoms with Crippen LogP contribution in [0.4, 0.5) is 0 Å². The molecule has 4 heteroatoms. The van der Waals surface area contributed by atoms with Crippen molar-refractivity contribution in [3.63, 3.8) is 0 Å². The summed E-state index contributed by atoms with van der Waals surface area (Å²) in [5.74, 6) is 0.705. The largest absolute Gasteiger partial charge is 0.492 e. The summed E-state index contributed by atoms with van der Waals surface area (Å²) in [5, 5.41) is 3.41. The molecule has 0 fully saturated rings. The van der Waals surface area contributed by atoms with Crippen LogP contribution in [0.25, 0.3) is 0 Å². The molecule has 1 rings (SSSR count). The van der Waals surface area contributed by atoms with E-state index < -0.39 is 0 Å². The summed E-state index contributed by atoms with van der Waals surface area (Å²) < 4.78 is 5.34. The van der Waals surface area contributed by atoms with E-state index in [0.29, 0.717) is 23.9 Å². The van der Waals surface area contributed by atoms with Crippen LogP contribution in [-0.2, 0) is 11.3 Å². The van der Waals surface area contributed by atoms with Crippen LogP contribution in [-0.4, -0.2) is 12.5 Å². The number of rotatable bonds is 5. The Morgan fingerprint density at radius 2 is 2.18 bits per heavy atom. The van der Waals surface area contributed by atoms with Crippen LogP contribution in [0.1, 0.15) is 26.3 Å². The second kappa shape index (κ2) is 6.50. The standard InChI is InChI=1S/C13H18ClNO2/c1-4-17-12-6-5-10(7-11(12)14)8-15-13(16)9(2)3/h5-7,9H,4,8H2,1-3H3,(H,15,16). The molecule has 94 valence electrons. The lowest BCUT2D eigenvalue weighted by Gasteiger charge is -2.10. The maximum Gasteiger partial charge on any atom is 0.222 e. The number of halogens is 1. The predicted octanol–water partition coefficient (Wildman–Crippen LogP) is 3.01. The van der Waals surface area contributed by atoms with Crippen molar-refractivity contribution >= 4 is 17.5 Å². The number of amides is 1.